The van der Waals surface area contributed by atoms with E-state index in [4.69, 9.17) is 5.73 Å². The van der Waals surface area contributed by atoms with E-state index in [1.54, 1.807) is 0 Å². The third-order valence-corrected chi connectivity index (χ3v) is 5.23. The summed E-state index contributed by atoms with van der Waals surface area (Å²) in [6.45, 7) is 2.04. The lowest BCUT2D eigenvalue weighted by Crippen LogP contribution is -2.57. The third-order valence-electron chi connectivity index (χ3n) is 5.23. The van der Waals surface area contributed by atoms with Crippen molar-refractivity contribution < 1.29 is 13.2 Å². The third kappa shape index (κ3) is 3.12. The van der Waals surface area contributed by atoms with E-state index in [0.29, 0.717) is 19.0 Å². The fourth-order valence-corrected chi connectivity index (χ4v) is 3.82. The van der Waals surface area contributed by atoms with Crippen LogP contribution in [0, 0.1) is 5.92 Å². The van der Waals surface area contributed by atoms with Gasteiger partial charge in [0.25, 0.3) is 0 Å². The van der Waals surface area contributed by atoms with E-state index in [9.17, 15) is 13.2 Å². The van der Waals surface area contributed by atoms with Crippen molar-refractivity contribution in [3.8, 4) is 0 Å². The fraction of sp³-hybridized carbons (Fsp3) is 1.00. The van der Waals surface area contributed by atoms with Crippen LogP contribution in [0.15, 0.2) is 0 Å². The summed E-state index contributed by atoms with van der Waals surface area (Å²) in [4.78, 5) is 4.39. The van der Waals surface area contributed by atoms with Crippen molar-refractivity contribution in [2.75, 3.05) is 33.7 Å². The van der Waals surface area contributed by atoms with Gasteiger partial charge in [0.05, 0.1) is 5.92 Å². The lowest BCUT2D eigenvalue weighted by molar-refractivity contribution is -0.193. The Morgan fingerprint density at radius 1 is 1.30 bits per heavy atom. The van der Waals surface area contributed by atoms with Crippen molar-refractivity contribution in [3.05, 3.63) is 0 Å². The Kier molecular flexibility index (Phi) is 4.66. The van der Waals surface area contributed by atoms with Gasteiger partial charge in [-0.25, -0.2) is 0 Å². The van der Waals surface area contributed by atoms with Crippen LogP contribution in [0.5, 0.6) is 0 Å². The molecule has 1 heterocycles. The van der Waals surface area contributed by atoms with Gasteiger partial charge in [0.15, 0.2) is 0 Å². The summed E-state index contributed by atoms with van der Waals surface area (Å²) >= 11 is 0. The molecule has 0 spiro atoms. The average molecular weight is 293 g/mol. The molecule has 0 radical (unpaired) electrons. The van der Waals surface area contributed by atoms with Crippen LogP contribution in [-0.4, -0.2) is 61.3 Å². The summed E-state index contributed by atoms with van der Waals surface area (Å²) < 4.78 is 39.1. The van der Waals surface area contributed by atoms with E-state index in [-0.39, 0.29) is 12.8 Å². The molecule has 0 amide bonds. The Balaban J connectivity index is 2.10. The first kappa shape index (κ1) is 16.0. The minimum Gasteiger partial charge on any atom is -0.329 e. The second kappa shape index (κ2) is 5.81. The molecule has 3 atom stereocenters. The molecule has 2 fully saturated rings. The van der Waals surface area contributed by atoms with Crippen LogP contribution in [0.3, 0.4) is 0 Å². The van der Waals surface area contributed by atoms with E-state index in [0.717, 1.165) is 25.9 Å². The Bertz CT molecular complexity index is 332. The number of alkyl halides is 3. The van der Waals surface area contributed by atoms with Crippen LogP contribution in [0.4, 0.5) is 13.2 Å². The van der Waals surface area contributed by atoms with Crippen LogP contribution in [-0.2, 0) is 0 Å². The predicted molar refractivity (Wildman–Crippen MR) is 73.5 cm³/mol. The van der Waals surface area contributed by atoms with Gasteiger partial charge in [-0.3, -0.25) is 4.90 Å². The monoisotopic (exact) mass is 293 g/mol. The number of likely N-dealkylation sites (tertiary alicyclic amines) is 1. The van der Waals surface area contributed by atoms with Crippen molar-refractivity contribution >= 4 is 0 Å². The molecule has 2 aliphatic rings. The van der Waals surface area contributed by atoms with Crippen molar-refractivity contribution in [1.29, 1.82) is 0 Å². The molecule has 3 nitrogen and oxygen atoms in total. The molecule has 1 aliphatic carbocycles. The number of hydrogen-bond acceptors (Lipinski definition) is 3. The van der Waals surface area contributed by atoms with E-state index < -0.39 is 17.6 Å². The Labute approximate surface area is 119 Å². The number of hydrogen-bond donors (Lipinski definition) is 1. The van der Waals surface area contributed by atoms with Gasteiger partial charge in [0.1, 0.15) is 0 Å². The maximum Gasteiger partial charge on any atom is 0.391 e. The zero-order chi connectivity index (χ0) is 15.0. The second-order valence-corrected chi connectivity index (χ2v) is 6.62. The highest BCUT2D eigenvalue weighted by molar-refractivity contribution is 5.01. The maximum absolute atomic E-state index is 13.0. The van der Waals surface area contributed by atoms with Gasteiger partial charge in [-0.05, 0) is 39.8 Å². The summed E-state index contributed by atoms with van der Waals surface area (Å²) in [6, 6.07) is 0.435. The van der Waals surface area contributed by atoms with Gasteiger partial charge < -0.3 is 10.6 Å². The molecule has 1 saturated heterocycles. The highest BCUT2D eigenvalue weighted by Crippen LogP contribution is 2.44. The molecule has 0 aromatic heterocycles. The normalized spacial score (nSPS) is 36.8. The number of nitrogens with two attached hydrogens (primary N) is 1. The minimum absolute atomic E-state index is 0.174. The van der Waals surface area contributed by atoms with Gasteiger partial charge >= 0.3 is 6.18 Å². The van der Waals surface area contributed by atoms with E-state index >= 15 is 0 Å². The quantitative estimate of drug-likeness (QED) is 0.864. The first-order valence-corrected chi connectivity index (χ1v) is 7.47. The van der Waals surface area contributed by atoms with Crippen LogP contribution in [0.1, 0.15) is 32.1 Å². The van der Waals surface area contributed by atoms with Gasteiger partial charge in [-0.15, -0.1) is 0 Å². The molecule has 1 saturated carbocycles. The molecular weight excluding hydrogens is 267 g/mol. The molecule has 118 valence electrons. The Morgan fingerprint density at radius 2 is 2.00 bits per heavy atom. The number of rotatable bonds is 3. The Hall–Kier alpha value is -0.330. The first-order valence-electron chi connectivity index (χ1n) is 7.47. The molecule has 20 heavy (non-hydrogen) atoms. The standard InChI is InChI=1S/C14H26F3N3/c1-19(2)12-5-7-20(9-12)13(10-18)6-3-4-11(8-13)14(15,16)17/h11-12H,3-10,18H2,1-2H3. The predicted octanol–water partition coefficient (Wildman–Crippen LogP) is 2.07. The van der Waals surface area contributed by atoms with Crippen LogP contribution in [0.2, 0.25) is 0 Å². The molecule has 3 unspecified atom stereocenters. The molecule has 2 rings (SSSR count). The largest absolute Gasteiger partial charge is 0.391 e. The summed E-state index contributed by atoms with van der Waals surface area (Å²) in [5.74, 6) is -1.18. The summed E-state index contributed by atoms with van der Waals surface area (Å²) in [6.07, 6.45) is -1.20. The van der Waals surface area contributed by atoms with E-state index in [1.165, 1.54) is 0 Å². The summed E-state index contributed by atoms with van der Waals surface area (Å²) in [5.41, 5.74) is 5.48. The summed E-state index contributed by atoms with van der Waals surface area (Å²) in [7, 11) is 4.06. The molecule has 1 aliphatic heterocycles. The topological polar surface area (TPSA) is 32.5 Å². The van der Waals surface area contributed by atoms with Gasteiger partial charge in [0, 0.05) is 31.2 Å². The zero-order valence-electron chi connectivity index (χ0n) is 12.4. The second-order valence-electron chi connectivity index (χ2n) is 6.62. The van der Waals surface area contributed by atoms with Crippen molar-refractivity contribution in [1.82, 2.24) is 9.80 Å². The smallest absolute Gasteiger partial charge is 0.329 e. The van der Waals surface area contributed by atoms with Gasteiger partial charge in [-0.1, -0.05) is 6.42 Å². The van der Waals surface area contributed by atoms with Crippen LogP contribution < -0.4 is 5.73 Å². The fourth-order valence-electron chi connectivity index (χ4n) is 3.82. The van der Waals surface area contributed by atoms with Crippen molar-refractivity contribution in [2.45, 2.75) is 49.9 Å². The van der Waals surface area contributed by atoms with E-state index in [1.807, 2.05) is 14.1 Å². The Morgan fingerprint density at radius 3 is 2.50 bits per heavy atom. The lowest BCUT2D eigenvalue weighted by Gasteiger charge is -2.47. The molecule has 2 N–H and O–H groups in total. The van der Waals surface area contributed by atoms with E-state index in [2.05, 4.69) is 9.80 Å². The average Bonchev–Trinajstić information content (AvgIpc) is 2.88. The molecule has 0 bridgehead atoms. The number of halogens is 3. The lowest BCUT2D eigenvalue weighted by atomic mass is 9.74. The van der Waals surface area contributed by atoms with Crippen molar-refractivity contribution in [2.24, 2.45) is 11.7 Å². The van der Waals surface area contributed by atoms with Gasteiger partial charge in [-0.2, -0.15) is 13.2 Å². The molecule has 6 heteroatoms. The molecular formula is C14H26F3N3. The first-order chi connectivity index (χ1) is 9.28. The molecule has 0 aromatic rings. The number of likely N-dealkylation sites (N-methyl/N-ethyl adjacent to an activating group) is 1. The number of nitrogens with zero attached hydrogens (tertiary/aromatic N) is 2. The van der Waals surface area contributed by atoms with Crippen LogP contribution in [0.25, 0.3) is 0 Å². The SMILES string of the molecule is CN(C)C1CCN(C2(CN)CCCC(C(F)(F)F)C2)C1. The highest BCUT2D eigenvalue weighted by atomic mass is 19.4. The zero-order valence-corrected chi connectivity index (χ0v) is 12.4. The summed E-state index contributed by atoms with van der Waals surface area (Å²) in [5, 5.41) is 0. The molecule has 0 aromatic carbocycles. The van der Waals surface area contributed by atoms with Crippen molar-refractivity contribution in [3.63, 3.8) is 0 Å². The highest BCUT2D eigenvalue weighted by Gasteiger charge is 2.50. The van der Waals surface area contributed by atoms with Gasteiger partial charge in [0.2, 0.25) is 0 Å². The van der Waals surface area contributed by atoms with Crippen LogP contribution >= 0.6 is 0 Å². The minimum atomic E-state index is -4.08. The maximum atomic E-state index is 13.0.